The molecule has 0 unspecified atom stereocenters. The Labute approximate surface area is 115 Å². The third kappa shape index (κ3) is 3.68. The average Bonchev–Trinajstić information content (AvgIpc) is 2.34. The van der Waals surface area contributed by atoms with Crippen molar-refractivity contribution in [3.8, 4) is 0 Å². The van der Waals surface area contributed by atoms with Crippen molar-refractivity contribution in [1.29, 1.82) is 0 Å². The second kappa shape index (κ2) is 5.70. The maximum atomic E-state index is 5.61. The predicted molar refractivity (Wildman–Crippen MR) is 76.7 cm³/mol. The van der Waals surface area contributed by atoms with Crippen LogP contribution in [0.25, 0.3) is 0 Å². The molecule has 0 amide bonds. The van der Waals surface area contributed by atoms with E-state index in [1.165, 1.54) is 17.8 Å². The normalized spacial score (nSPS) is 10.4. The number of nitrogens with zero attached hydrogens (tertiary/aromatic N) is 4. The van der Waals surface area contributed by atoms with Crippen molar-refractivity contribution in [2.75, 3.05) is 23.8 Å². The monoisotopic (exact) mass is 277 g/mol. The van der Waals surface area contributed by atoms with E-state index >= 15 is 0 Å². The summed E-state index contributed by atoms with van der Waals surface area (Å²) < 4.78 is 0. The number of anilines is 3. The molecule has 0 aliphatic rings. The van der Waals surface area contributed by atoms with Gasteiger partial charge >= 0.3 is 0 Å². The molecule has 2 aromatic rings. The van der Waals surface area contributed by atoms with Gasteiger partial charge in [0.15, 0.2) is 5.16 Å². The van der Waals surface area contributed by atoms with Crippen LogP contribution in [-0.2, 0) is 5.75 Å². The minimum Gasteiger partial charge on any atom is -0.383 e. The molecule has 0 aromatic carbocycles. The molecule has 2 aromatic heterocycles. The highest BCUT2D eigenvalue weighted by atomic mass is 32.2. The predicted octanol–water partition coefficient (Wildman–Crippen LogP) is 1.07. The van der Waals surface area contributed by atoms with Crippen LogP contribution in [0.15, 0.2) is 17.3 Å². The van der Waals surface area contributed by atoms with Crippen LogP contribution in [0.4, 0.5) is 17.5 Å². The molecule has 2 rings (SSSR count). The van der Waals surface area contributed by atoms with Crippen LogP contribution >= 0.6 is 11.8 Å². The lowest BCUT2D eigenvalue weighted by molar-refractivity contribution is 0.964. The van der Waals surface area contributed by atoms with Gasteiger partial charge in [-0.1, -0.05) is 11.8 Å². The smallest absolute Gasteiger partial charge is 0.191 e. The second-order valence-corrected chi connectivity index (χ2v) is 4.79. The molecule has 0 aliphatic heterocycles. The maximum Gasteiger partial charge on any atom is 0.191 e. The van der Waals surface area contributed by atoms with Crippen molar-refractivity contribution in [2.24, 2.45) is 0 Å². The molecule has 0 bridgehead atoms. The molecule has 0 fully saturated rings. The maximum absolute atomic E-state index is 5.61. The van der Waals surface area contributed by atoms with Gasteiger partial charge in [-0.3, -0.25) is 0 Å². The van der Waals surface area contributed by atoms with Crippen LogP contribution in [0.1, 0.15) is 11.5 Å². The number of aryl methyl sites for hydroxylation is 1. The second-order valence-electron chi connectivity index (χ2n) is 3.85. The van der Waals surface area contributed by atoms with Crippen LogP contribution in [-0.4, -0.2) is 27.0 Å². The first-order valence-corrected chi connectivity index (χ1v) is 6.60. The summed E-state index contributed by atoms with van der Waals surface area (Å²) in [4.78, 5) is 16.9. The van der Waals surface area contributed by atoms with Gasteiger partial charge in [0.05, 0.1) is 5.75 Å². The van der Waals surface area contributed by atoms with Crippen LogP contribution in [0.5, 0.6) is 0 Å². The standard InChI is InChI=1S/C11H15N7S/c1-6-3-9(14-2)18-10(15-6)5-19-11-16-7(12)4-8(13)17-11/h3-4H,5H2,1-2H3,(H,14,15,18)(H4,12,13,16,17). The molecule has 2 heterocycles. The van der Waals surface area contributed by atoms with Crippen LogP contribution in [0, 0.1) is 6.92 Å². The molecule has 0 spiro atoms. The lowest BCUT2D eigenvalue weighted by atomic mass is 10.4. The Hall–Kier alpha value is -2.09. The van der Waals surface area contributed by atoms with Crippen molar-refractivity contribution >= 4 is 29.2 Å². The fraction of sp³-hybridized carbons (Fsp3) is 0.273. The quantitative estimate of drug-likeness (QED) is 0.561. The van der Waals surface area contributed by atoms with Gasteiger partial charge in [-0.2, -0.15) is 0 Å². The van der Waals surface area contributed by atoms with Crippen molar-refractivity contribution in [3.05, 3.63) is 23.7 Å². The minimum atomic E-state index is 0.357. The Balaban J connectivity index is 2.11. The molecule has 8 heteroatoms. The topological polar surface area (TPSA) is 116 Å². The molecule has 7 nitrogen and oxygen atoms in total. The van der Waals surface area contributed by atoms with Gasteiger partial charge < -0.3 is 16.8 Å². The molecule has 5 N–H and O–H groups in total. The SMILES string of the molecule is CNc1cc(C)nc(CSc2nc(N)cc(N)n2)n1. The number of nitrogens with two attached hydrogens (primary N) is 2. The Morgan fingerprint density at radius 2 is 1.79 bits per heavy atom. The summed E-state index contributed by atoms with van der Waals surface area (Å²) in [5, 5.41) is 3.51. The first-order valence-electron chi connectivity index (χ1n) is 5.62. The van der Waals surface area contributed by atoms with E-state index in [1.54, 1.807) is 0 Å². The summed E-state index contributed by atoms with van der Waals surface area (Å²) in [5.41, 5.74) is 12.1. The summed E-state index contributed by atoms with van der Waals surface area (Å²) >= 11 is 1.39. The van der Waals surface area contributed by atoms with Gasteiger partial charge in [-0.05, 0) is 6.92 Å². The zero-order chi connectivity index (χ0) is 13.8. The largest absolute Gasteiger partial charge is 0.383 e. The van der Waals surface area contributed by atoms with E-state index in [-0.39, 0.29) is 0 Å². The first kappa shape index (κ1) is 13.3. The van der Waals surface area contributed by atoms with Crippen molar-refractivity contribution < 1.29 is 0 Å². The van der Waals surface area contributed by atoms with E-state index in [2.05, 4.69) is 25.3 Å². The van der Waals surface area contributed by atoms with Crippen molar-refractivity contribution in [2.45, 2.75) is 17.8 Å². The summed E-state index contributed by atoms with van der Waals surface area (Å²) in [5.74, 6) is 2.77. The molecule has 19 heavy (non-hydrogen) atoms. The Morgan fingerprint density at radius 3 is 2.42 bits per heavy atom. The molecule has 0 atom stereocenters. The number of aromatic nitrogens is 4. The van der Waals surface area contributed by atoms with Crippen LogP contribution in [0.3, 0.4) is 0 Å². The zero-order valence-corrected chi connectivity index (χ0v) is 11.5. The number of hydrogen-bond acceptors (Lipinski definition) is 8. The van der Waals surface area contributed by atoms with Gasteiger partial charge in [0.2, 0.25) is 0 Å². The summed E-state index contributed by atoms with van der Waals surface area (Å²) in [7, 11) is 1.82. The van der Waals surface area contributed by atoms with E-state index in [0.717, 1.165) is 11.5 Å². The van der Waals surface area contributed by atoms with Crippen LogP contribution < -0.4 is 16.8 Å². The third-order valence-corrected chi connectivity index (χ3v) is 3.08. The summed E-state index contributed by atoms with van der Waals surface area (Å²) in [6.07, 6.45) is 0. The average molecular weight is 277 g/mol. The van der Waals surface area contributed by atoms with E-state index in [0.29, 0.717) is 28.4 Å². The highest BCUT2D eigenvalue weighted by Gasteiger charge is 2.06. The highest BCUT2D eigenvalue weighted by Crippen LogP contribution is 2.20. The molecule has 0 saturated heterocycles. The fourth-order valence-electron chi connectivity index (χ4n) is 1.48. The van der Waals surface area contributed by atoms with Gasteiger partial charge in [0.1, 0.15) is 23.3 Å². The number of rotatable bonds is 4. The van der Waals surface area contributed by atoms with Gasteiger partial charge in [0.25, 0.3) is 0 Å². The Morgan fingerprint density at radius 1 is 1.11 bits per heavy atom. The summed E-state index contributed by atoms with van der Waals surface area (Å²) in [6.45, 7) is 1.92. The first-order chi connectivity index (χ1) is 9.06. The van der Waals surface area contributed by atoms with E-state index in [4.69, 9.17) is 11.5 Å². The number of hydrogen-bond donors (Lipinski definition) is 3. The van der Waals surface area contributed by atoms with Gasteiger partial charge in [-0.15, -0.1) is 0 Å². The fourth-order valence-corrected chi connectivity index (χ4v) is 2.21. The zero-order valence-electron chi connectivity index (χ0n) is 10.7. The summed E-state index contributed by atoms with van der Waals surface area (Å²) in [6, 6.07) is 3.40. The molecular weight excluding hydrogens is 262 g/mol. The van der Waals surface area contributed by atoms with E-state index in [1.807, 2.05) is 20.0 Å². The van der Waals surface area contributed by atoms with Crippen molar-refractivity contribution in [3.63, 3.8) is 0 Å². The lowest BCUT2D eigenvalue weighted by Crippen LogP contribution is -2.02. The molecule has 100 valence electrons. The highest BCUT2D eigenvalue weighted by molar-refractivity contribution is 7.98. The number of nitrogens with one attached hydrogen (secondary N) is 1. The molecule has 0 aliphatic carbocycles. The van der Waals surface area contributed by atoms with E-state index < -0.39 is 0 Å². The molecule has 0 saturated carbocycles. The van der Waals surface area contributed by atoms with Crippen LogP contribution in [0.2, 0.25) is 0 Å². The van der Waals surface area contributed by atoms with E-state index in [9.17, 15) is 0 Å². The number of nitrogen functional groups attached to an aromatic ring is 2. The molecule has 0 radical (unpaired) electrons. The molecular formula is C11H15N7S. The minimum absolute atomic E-state index is 0.357. The van der Waals surface area contributed by atoms with Gasteiger partial charge in [-0.25, -0.2) is 19.9 Å². The third-order valence-electron chi connectivity index (χ3n) is 2.23. The van der Waals surface area contributed by atoms with Gasteiger partial charge in [0, 0.05) is 24.9 Å². The Kier molecular flexibility index (Phi) is 4.00. The number of thioether (sulfide) groups is 1. The lowest BCUT2D eigenvalue weighted by Gasteiger charge is -2.05. The van der Waals surface area contributed by atoms with Crippen molar-refractivity contribution in [1.82, 2.24) is 19.9 Å². The Bertz CT molecular complexity index is 567.